The van der Waals surface area contributed by atoms with Gasteiger partial charge in [0.15, 0.2) is 0 Å². The highest BCUT2D eigenvalue weighted by molar-refractivity contribution is 6.11. The molecule has 0 fully saturated rings. The molecule has 13 aromatic rings. The molecule has 13 rings (SSSR count). The molecule has 0 aliphatic rings. The maximum atomic E-state index is 2.41. The number of hydrogen-bond donors (Lipinski definition) is 0. The Morgan fingerprint density at radius 2 is 0.486 bits per heavy atom. The van der Waals surface area contributed by atoms with E-state index < -0.39 is 0 Å². The average molecular weight is 917 g/mol. The first-order valence-corrected chi connectivity index (χ1v) is 24.7. The summed E-state index contributed by atoms with van der Waals surface area (Å²) in [5, 5.41) is 9.62. The third-order valence-corrected chi connectivity index (χ3v) is 14.2. The van der Waals surface area contributed by atoms with Crippen LogP contribution in [0.4, 0.5) is 34.1 Å². The zero-order valence-electron chi connectivity index (χ0n) is 39.6. The Balaban J connectivity index is 0.881. The second kappa shape index (κ2) is 18.4. The van der Waals surface area contributed by atoms with Gasteiger partial charge in [0, 0.05) is 33.5 Å². The summed E-state index contributed by atoms with van der Waals surface area (Å²) in [6.07, 6.45) is 0. The highest BCUT2D eigenvalue weighted by Gasteiger charge is 2.19. The summed E-state index contributed by atoms with van der Waals surface area (Å²) in [6, 6.07) is 106. The van der Waals surface area contributed by atoms with E-state index in [1.165, 1.54) is 87.6 Å². The van der Waals surface area contributed by atoms with E-state index in [0.29, 0.717) is 0 Å². The van der Waals surface area contributed by atoms with Crippen molar-refractivity contribution in [1.29, 1.82) is 0 Å². The van der Waals surface area contributed by atoms with Gasteiger partial charge in [-0.25, -0.2) is 0 Å². The SMILES string of the molecule is c1ccc(-c2cccc(-c3ccc(N(c4ccc5c(ccc6cc(N(c7ccc(-c8cccc(-c9ccccc9)c8)cc7)c7cccc8ccccc78)ccc65)c4)c4cccc5ccccc45)cc3)c2)cc1. The van der Waals surface area contributed by atoms with Crippen LogP contribution in [-0.2, 0) is 0 Å². The van der Waals surface area contributed by atoms with Gasteiger partial charge in [-0.2, -0.15) is 0 Å². The largest absolute Gasteiger partial charge is 0.310 e. The quantitative estimate of drug-likeness (QED) is 0.126. The molecular formula is C70H48N2. The Morgan fingerprint density at radius 1 is 0.167 bits per heavy atom. The first kappa shape index (κ1) is 42.6. The van der Waals surface area contributed by atoms with Crippen molar-refractivity contribution in [3.63, 3.8) is 0 Å². The highest BCUT2D eigenvalue weighted by Crippen LogP contribution is 2.44. The molecule has 0 saturated heterocycles. The monoisotopic (exact) mass is 916 g/mol. The Morgan fingerprint density at radius 3 is 0.903 bits per heavy atom. The summed E-state index contributed by atoms with van der Waals surface area (Å²) in [6.45, 7) is 0. The van der Waals surface area contributed by atoms with E-state index in [1.54, 1.807) is 0 Å². The second-order valence-electron chi connectivity index (χ2n) is 18.5. The molecule has 0 unspecified atom stereocenters. The fourth-order valence-corrected chi connectivity index (χ4v) is 10.6. The number of fused-ring (bicyclic) bond motifs is 5. The van der Waals surface area contributed by atoms with E-state index in [0.717, 1.165) is 34.1 Å². The first-order valence-electron chi connectivity index (χ1n) is 24.7. The minimum atomic E-state index is 1.10. The van der Waals surface area contributed by atoms with Crippen LogP contribution in [0.5, 0.6) is 0 Å². The molecule has 0 aliphatic heterocycles. The number of nitrogens with zero attached hydrogens (tertiary/aromatic N) is 2. The summed E-state index contributed by atoms with van der Waals surface area (Å²) >= 11 is 0. The molecule has 338 valence electrons. The molecule has 0 atom stereocenters. The van der Waals surface area contributed by atoms with Crippen molar-refractivity contribution >= 4 is 77.2 Å². The van der Waals surface area contributed by atoms with Crippen LogP contribution in [0, 0.1) is 0 Å². The summed E-state index contributed by atoms with van der Waals surface area (Å²) in [4.78, 5) is 4.82. The summed E-state index contributed by atoms with van der Waals surface area (Å²) < 4.78 is 0. The standard InChI is InChI=1S/C70H48N2/c1-3-15-49(16-4-1)55-23-11-25-57(45-55)51-33-37-61(38-34-51)71(69-29-13-21-53-19-7-9-27-67(53)69)63-41-43-65-59(47-63)31-32-60-48-64(42-44-66(60)65)72(70-30-14-22-54-20-8-10-28-68(54)70)62-39-35-52(36-40-62)58-26-12-24-56(46-58)50-17-5-2-6-18-50/h1-48H. The number of anilines is 6. The molecule has 72 heavy (non-hydrogen) atoms. The third-order valence-electron chi connectivity index (χ3n) is 14.2. The van der Waals surface area contributed by atoms with Gasteiger partial charge in [0.1, 0.15) is 0 Å². The molecule has 2 nitrogen and oxygen atoms in total. The van der Waals surface area contributed by atoms with Crippen LogP contribution in [0.2, 0.25) is 0 Å². The molecule has 0 heterocycles. The second-order valence-corrected chi connectivity index (χ2v) is 18.5. The first-order chi connectivity index (χ1) is 35.7. The molecule has 0 N–H and O–H groups in total. The van der Waals surface area contributed by atoms with E-state index in [4.69, 9.17) is 0 Å². The van der Waals surface area contributed by atoms with Crippen molar-refractivity contribution in [1.82, 2.24) is 0 Å². The van der Waals surface area contributed by atoms with Gasteiger partial charge in [-0.15, -0.1) is 0 Å². The van der Waals surface area contributed by atoms with Crippen LogP contribution >= 0.6 is 0 Å². The van der Waals surface area contributed by atoms with Gasteiger partial charge in [0.25, 0.3) is 0 Å². The van der Waals surface area contributed by atoms with Crippen LogP contribution in [0.25, 0.3) is 87.6 Å². The van der Waals surface area contributed by atoms with Gasteiger partial charge in [-0.3, -0.25) is 0 Å². The van der Waals surface area contributed by atoms with Crippen molar-refractivity contribution in [2.24, 2.45) is 0 Å². The Labute approximate surface area is 420 Å². The normalized spacial score (nSPS) is 11.3. The van der Waals surface area contributed by atoms with Crippen molar-refractivity contribution in [3.05, 3.63) is 291 Å². The fourth-order valence-electron chi connectivity index (χ4n) is 10.6. The fraction of sp³-hybridized carbons (Fsp3) is 0. The Hall–Kier alpha value is -9.50. The Kier molecular flexibility index (Phi) is 10.9. The highest BCUT2D eigenvalue weighted by atomic mass is 15.1. The predicted molar refractivity (Wildman–Crippen MR) is 308 cm³/mol. The summed E-state index contributed by atoms with van der Waals surface area (Å²) in [7, 11) is 0. The molecule has 0 amide bonds. The molecule has 0 radical (unpaired) electrons. The minimum absolute atomic E-state index is 1.10. The molecule has 0 aromatic heterocycles. The molecule has 0 aliphatic carbocycles. The minimum Gasteiger partial charge on any atom is -0.310 e. The maximum absolute atomic E-state index is 2.41. The maximum Gasteiger partial charge on any atom is 0.0540 e. The third kappa shape index (κ3) is 8.01. The van der Waals surface area contributed by atoms with Crippen molar-refractivity contribution in [2.45, 2.75) is 0 Å². The Bertz CT molecular complexity index is 3810. The lowest BCUT2D eigenvalue weighted by Crippen LogP contribution is -2.10. The summed E-state index contributed by atoms with van der Waals surface area (Å²) in [5.41, 5.74) is 16.3. The predicted octanol–water partition coefficient (Wildman–Crippen LogP) is 19.9. The van der Waals surface area contributed by atoms with Crippen LogP contribution in [0.1, 0.15) is 0 Å². The van der Waals surface area contributed by atoms with Crippen molar-refractivity contribution < 1.29 is 0 Å². The van der Waals surface area contributed by atoms with Crippen molar-refractivity contribution in [2.75, 3.05) is 9.80 Å². The van der Waals surface area contributed by atoms with Gasteiger partial charge >= 0.3 is 0 Å². The topological polar surface area (TPSA) is 6.48 Å². The lowest BCUT2D eigenvalue weighted by molar-refractivity contribution is 1.30. The van der Waals surface area contributed by atoms with Crippen LogP contribution in [0.3, 0.4) is 0 Å². The van der Waals surface area contributed by atoms with E-state index in [9.17, 15) is 0 Å². The van der Waals surface area contributed by atoms with Gasteiger partial charge in [0.05, 0.1) is 11.4 Å². The lowest BCUT2D eigenvalue weighted by atomic mass is 9.98. The van der Waals surface area contributed by atoms with Crippen molar-refractivity contribution in [3.8, 4) is 44.5 Å². The van der Waals surface area contributed by atoms with E-state index >= 15 is 0 Å². The number of benzene rings is 13. The van der Waals surface area contributed by atoms with Crippen LogP contribution in [0.15, 0.2) is 291 Å². The molecule has 0 saturated carbocycles. The average Bonchev–Trinajstić information content (AvgIpc) is 3.46. The number of hydrogen-bond acceptors (Lipinski definition) is 2. The van der Waals surface area contributed by atoms with Gasteiger partial charge < -0.3 is 9.80 Å². The molecular weight excluding hydrogens is 869 g/mol. The summed E-state index contributed by atoms with van der Waals surface area (Å²) in [5.74, 6) is 0. The van der Waals surface area contributed by atoms with E-state index in [1.807, 2.05) is 0 Å². The molecule has 0 bridgehead atoms. The van der Waals surface area contributed by atoms with E-state index in [-0.39, 0.29) is 0 Å². The van der Waals surface area contributed by atoms with Gasteiger partial charge in [0.2, 0.25) is 0 Å². The molecule has 13 aromatic carbocycles. The van der Waals surface area contributed by atoms with Crippen LogP contribution in [-0.4, -0.2) is 0 Å². The zero-order chi connectivity index (χ0) is 47.8. The molecule has 2 heteroatoms. The molecule has 0 spiro atoms. The zero-order valence-corrected chi connectivity index (χ0v) is 39.6. The van der Waals surface area contributed by atoms with Gasteiger partial charge in [-0.05, 0) is 150 Å². The smallest absolute Gasteiger partial charge is 0.0540 e. The van der Waals surface area contributed by atoms with Gasteiger partial charge in [-0.1, -0.05) is 218 Å². The lowest BCUT2D eigenvalue weighted by Gasteiger charge is -2.28. The van der Waals surface area contributed by atoms with Crippen LogP contribution < -0.4 is 9.80 Å². The van der Waals surface area contributed by atoms with E-state index in [2.05, 4.69) is 301 Å². The number of rotatable bonds is 10.